The van der Waals surface area contributed by atoms with E-state index in [1.54, 1.807) is 0 Å². The molecule has 0 aliphatic heterocycles. The van der Waals surface area contributed by atoms with Crippen molar-refractivity contribution in [1.82, 2.24) is 13.7 Å². The number of benzene rings is 8. The molecule has 0 N–H and O–H groups in total. The predicted octanol–water partition coefficient (Wildman–Crippen LogP) is 13.1. The monoisotopic (exact) mass is 699 g/mol. The quantitative estimate of drug-likeness (QED) is 0.169. The first-order chi connectivity index (χ1) is 27.2. The minimum absolute atomic E-state index is 0.596. The van der Waals surface area contributed by atoms with E-state index < -0.39 is 0 Å². The lowest BCUT2D eigenvalue weighted by molar-refractivity contribution is 1.16. The normalized spacial score (nSPS) is 11.6. The van der Waals surface area contributed by atoms with E-state index in [1.807, 2.05) is 24.3 Å². The van der Waals surface area contributed by atoms with E-state index in [-0.39, 0.29) is 0 Å². The van der Waals surface area contributed by atoms with Crippen molar-refractivity contribution in [3.63, 3.8) is 0 Å². The van der Waals surface area contributed by atoms with Gasteiger partial charge in [0.1, 0.15) is 0 Å². The minimum atomic E-state index is 0.596. The van der Waals surface area contributed by atoms with Gasteiger partial charge in [-0.3, -0.25) is 0 Å². The number of fused-ring (bicyclic) bond motifs is 9. The molecule has 3 aromatic heterocycles. The zero-order valence-corrected chi connectivity index (χ0v) is 29.5. The van der Waals surface area contributed by atoms with E-state index in [9.17, 15) is 5.26 Å². The molecule has 0 amide bonds. The average Bonchev–Trinajstić information content (AvgIpc) is 3.89. The molecule has 0 radical (unpaired) electrons. The van der Waals surface area contributed by atoms with Crippen LogP contribution in [0.25, 0.3) is 98.5 Å². The summed E-state index contributed by atoms with van der Waals surface area (Å²) in [4.78, 5) is 3.82. The van der Waals surface area contributed by atoms with Gasteiger partial charge in [-0.2, -0.15) is 5.26 Å². The molecule has 0 saturated carbocycles. The standard InChI is InChI=1S/C50H29N5/c1-52-34-21-26-48(55-46-16-8-4-12-39(46)40-13-5-9-17-47(40)55)41(29-34)33-19-22-35(23-20-33)53-49-25-18-32(31-51)28-42(49)43-30-36(24-27-50(43)53)54-44-14-6-2-10-37(44)38-11-3-7-15-45(38)54/h2-30H. The van der Waals surface area contributed by atoms with E-state index in [1.165, 1.54) is 21.5 Å². The van der Waals surface area contributed by atoms with Crippen LogP contribution in [0.5, 0.6) is 0 Å². The fourth-order valence-electron chi connectivity index (χ4n) is 8.69. The number of hydrogen-bond acceptors (Lipinski definition) is 1. The van der Waals surface area contributed by atoms with Crippen LogP contribution in [0.15, 0.2) is 176 Å². The fraction of sp³-hybridized carbons (Fsp3) is 0. The fourth-order valence-corrected chi connectivity index (χ4v) is 8.69. The number of para-hydroxylation sites is 4. The summed E-state index contributed by atoms with van der Waals surface area (Å²) in [6.07, 6.45) is 0. The van der Waals surface area contributed by atoms with Crippen LogP contribution in [0, 0.1) is 17.9 Å². The zero-order chi connectivity index (χ0) is 36.6. The summed E-state index contributed by atoms with van der Waals surface area (Å²) in [7, 11) is 0. The second-order valence-electron chi connectivity index (χ2n) is 14.0. The Morgan fingerprint density at radius 3 is 1.45 bits per heavy atom. The molecule has 5 nitrogen and oxygen atoms in total. The van der Waals surface area contributed by atoms with Gasteiger partial charge in [0, 0.05) is 43.7 Å². The van der Waals surface area contributed by atoms with Crippen molar-refractivity contribution in [3.8, 4) is 34.3 Å². The molecule has 0 bridgehead atoms. The molecule has 0 saturated heterocycles. The molecular formula is C50H29N5. The van der Waals surface area contributed by atoms with Gasteiger partial charge in [-0.05, 0) is 96.1 Å². The average molecular weight is 700 g/mol. The first kappa shape index (κ1) is 30.7. The Balaban J connectivity index is 1.10. The van der Waals surface area contributed by atoms with Crippen LogP contribution >= 0.6 is 0 Å². The molecule has 0 aliphatic carbocycles. The van der Waals surface area contributed by atoms with Gasteiger partial charge in [0.05, 0.1) is 57.0 Å². The highest BCUT2D eigenvalue weighted by Crippen LogP contribution is 2.40. The molecule has 254 valence electrons. The number of aromatic nitrogens is 3. The molecule has 11 aromatic rings. The van der Waals surface area contributed by atoms with Crippen LogP contribution < -0.4 is 0 Å². The van der Waals surface area contributed by atoms with Crippen molar-refractivity contribution in [1.29, 1.82) is 5.26 Å². The molecule has 3 heterocycles. The summed E-state index contributed by atoms with van der Waals surface area (Å²) in [6, 6.07) is 63.7. The third-order valence-corrected chi connectivity index (χ3v) is 11.1. The van der Waals surface area contributed by atoms with Gasteiger partial charge in [-0.15, -0.1) is 0 Å². The molecule has 8 aromatic carbocycles. The second kappa shape index (κ2) is 11.8. The Morgan fingerprint density at radius 1 is 0.418 bits per heavy atom. The maximum atomic E-state index is 9.94. The Hall–Kier alpha value is -7.86. The SMILES string of the molecule is [C-]#[N+]c1ccc(-n2c3ccccc3c3ccccc32)c(-c2ccc(-n3c4ccc(C#N)cc4c4cc(-n5c6ccccc6c6ccccc65)ccc43)cc2)c1. The summed E-state index contributed by atoms with van der Waals surface area (Å²) in [5.74, 6) is 0. The lowest BCUT2D eigenvalue weighted by Crippen LogP contribution is -1.98. The van der Waals surface area contributed by atoms with Gasteiger partial charge >= 0.3 is 0 Å². The summed E-state index contributed by atoms with van der Waals surface area (Å²) in [5, 5.41) is 16.9. The maximum Gasteiger partial charge on any atom is 0.188 e. The highest BCUT2D eigenvalue weighted by atomic mass is 15.0. The third kappa shape index (κ3) is 4.51. The summed E-state index contributed by atoms with van der Waals surface area (Å²) >= 11 is 0. The van der Waals surface area contributed by atoms with Crippen molar-refractivity contribution in [2.45, 2.75) is 0 Å². The van der Waals surface area contributed by atoms with Crippen LogP contribution in [0.4, 0.5) is 5.69 Å². The topological polar surface area (TPSA) is 42.9 Å². The number of rotatable bonds is 4. The number of nitriles is 1. The molecule has 0 fully saturated rings. The lowest BCUT2D eigenvalue weighted by Gasteiger charge is -2.16. The molecule has 0 atom stereocenters. The van der Waals surface area contributed by atoms with Crippen molar-refractivity contribution < 1.29 is 0 Å². The van der Waals surface area contributed by atoms with Crippen molar-refractivity contribution in [2.75, 3.05) is 0 Å². The number of nitrogens with zero attached hydrogens (tertiary/aromatic N) is 5. The largest absolute Gasteiger partial charge is 0.309 e. The Kier molecular flexibility index (Phi) is 6.61. The van der Waals surface area contributed by atoms with Crippen LogP contribution in [-0.2, 0) is 0 Å². The summed E-state index contributed by atoms with van der Waals surface area (Å²) in [5.41, 5.74) is 13.0. The van der Waals surface area contributed by atoms with Crippen molar-refractivity contribution >= 4 is 71.1 Å². The van der Waals surface area contributed by atoms with Gasteiger partial charge < -0.3 is 13.7 Å². The Labute approximate surface area is 316 Å². The van der Waals surface area contributed by atoms with Crippen LogP contribution in [0.2, 0.25) is 0 Å². The smallest absolute Gasteiger partial charge is 0.188 e. The van der Waals surface area contributed by atoms with E-state index in [0.29, 0.717) is 11.3 Å². The molecular weight excluding hydrogens is 671 g/mol. The second-order valence-corrected chi connectivity index (χ2v) is 14.0. The van der Waals surface area contributed by atoms with Crippen LogP contribution in [0.3, 0.4) is 0 Å². The van der Waals surface area contributed by atoms with Gasteiger partial charge in [0.25, 0.3) is 0 Å². The molecule has 5 heteroatoms. The first-order valence-corrected chi connectivity index (χ1v) is 18.3. The van der Waals surface area contributed by atoms with Gasteiger partial charge in [-0.25, -0.2) is 4.85 Å². The molecule has 55 heavy (non-hydrogen) atoms. The molecule has 0 spiro atoms. The van der Waals surface area contributed by atoms with Gasteiger partial charge in [0.2, 0.25) is 0 Å². The summed E-state index contributed by atoms with van der Waals surface area (Å²) < 4.78 is 6.94. The van der Waals surface area contributed by atoms with Crippen molar-refractivity contribution in [2.24, 2.45) is 0 Å². The van der Waals surface area contributed by atoms with Crippen LogP contribution in [-0.4, -0.2) is 13.7 Å². The summed E-state index contributed by atoms with van der Waals surface area (Å²) in [6.45, 7) is 7.85. The van der Waals surface area contributed by atoms with E-state index in [0.717, 1.165) is 72.1 Å². The Morgan fingerprint density at radius 2 is 0.891 bits per heavy atom. The predicted molar refractivity (Wildman–Crippen MR) is 226 cm³/mol. The zero-order valence-electron chi connectivity index (χ0n) is 29.5. The molecule has 11 rings (SSSR count). The highest BCUT2D eigenvalue weighted by molar-refractivity contribution is 6.13. The molecule has 0 unspecified atom stereocenters. The lowest BCUT2D eigenvalue weighted by atomic mass is 10.0. The van der Waals surface area contributed by atoms with Gasteiger partial charge in [-0.1, -0.05) is 91.0 Å². The van der Waals surface area contributed by atoms with Crippen LogP contribution in [0.1, 0.15) is 5.56 Å². The van der Waals surface area contributed by atoms with E-state index in [4.69, 9.17) is 6.57 Å². The first-order valence-electron chi connectivity index (χ1n) is 18.3. The Bertz CT molecular complexity index is 3350. The van der Waals surface area contributed by atoms with E-state index >= 15 is 0 Å². The maximum absolute atomic E-state index is 9.94. The van der Waals surface area contributed by atoms with Crippen molar-refractivity contribution in [3.05, 3.63) is 193 Å². The third-order valence-electron chi connectivity index (χ3n) is 11.1. The minimum Gasteiger partial charge on any atom is -0.309 e. The molecule has 0 aliphatic rings. The highest BCUT2D eigenvalue weighted by Gasteiger charge is 2.19. The number of hydrogen-bond donors (Lipinski definition) is 0. The van der Waals surface area contributed by atoms with E-state index in [2.05, 4.69) is 176 Å². The van der Waals surface area contributed by atoms with Gasteiger partial charge in [0.15, 0.2) is 5.69 Å².